The van der Waals surface area contributed by atoms with Crippen LogP contribution in [-0.2, 0) is 24.2 Å². The molecule has 0 fully saturated rings. The van der Waals surface area contributed by atoms with E-state index in [1.807, 2.05) is 36.4 Å². The summed E-state index contributed by atoms with van der Waals surface area (Å²) in [7, 11) is 0. The number of nitrogens with zero attached hydrogens (tertiary/aromatic N) is 1. The van der Waals surface area contributed by atoms with Gasteiger partial charge in [-0.25, -0.2) is 4.98 Å². The van der Waals surface area contributed by atoms with Crippen LogP contribution >= 0.6 is 0 Å². The Labute approximate surface area is 142 Å². The van der Waals surface area contributed by atoms with Crippen molar-refractivity contribution in [2.24, 2.45) is 5.92 Å². The molecule has 1 heterocycles. The zero-order valence-corrected chi connectivity index (χ0v) is 14.2. The Bertz CT molecular complexity index is 785. The molecule has 1 aromatic heterocycles. The van der Waals surface area contributed by atoms with Crippen molar-refractivity contribution in [1.29, 1.82) is 0 Å². The third kappa shape index (κ3) is 4.22. The lowest BCUT2D eigenvalue weighted by Crippen LogP contribution is -2.25. The summed E-state index contributed by atoms with van der Waals surface area (Å²) < 4.78 is 0. The first-order chi connectivity index (χ1) is 11.6. The van der Waals surface area contributed by atoms with Crippen LogP contribution in [0.4, 0.5) is 0 Å². The fraction of sp³-hybridized carbons (Fsp3) is 0.300. The van der Waals surface area contributed by atoms with Gasteiger partial charge in [0.2, 0.25) is 5.91 Å². The van der Waals surface area contributed by atoms with Crippen LogP contribution in [0.5, 0.6) is 0 Å². The first kappa shape index (κ1) is 16.2. The lowest BCUT2D eigenvalue weighted by Gasteiger charge is -2.07. The van der Waals surface area contributed by atoms with E-state index in [-0.39, 0.29) is 5.91 Å². The number of carbonyl (C=O) groups excluding carboxylic acids is 1. The molecule has 0 atom stereocenters. The molecule has 2 N–H and O–H groups in total. The van der Waals surface area contributed by atoms with Crippen LogP contribution in [0.1, 0.15) is 30.8 Å². The van der Waals surface area contributed by atoms with E-state index in [0.717, 1.165) is 28.8 Å². The number of H-pyrrole nitrogens is 1. The van der Waals surface area contributed by atoms with E-state index >= 15 is 0 Å². The topological polar surface area (TPSA) is 57.8 Å². The maximum absolute atomic E-state index is 12.1. The molecule has 0 aliphatic carbocycles. The zero-order chi connectivity index (χ0) is 16.9. The van der Waals surface area contributed by atoms with Crippen LogP contribution in [-0.4, -0.2) is 15.9 Å². The van der Waals surface area contributed by atoms with Crippen LogP contribution in [0.25, 0.3) is 11.0 Å². The molecule has 0 radical (unpaired) electrons. The van der Waals surface area contributed by atoms with Crippen molar-refractivity contribution >= 4 is 16.9 Å². The van der Waals surface area contributed by atoms with Gasteiger partial charge in [0.15, 0.2) is 0 Å². The van der Waals surface area contributed by atoms with Crippen LogP contribution in [0.2, 0.25) is 0 Å². The molecule has 0 bridgehead atoms. The Morgan fingerprint density at radius 1 is 1.08 bits per heavy atom. The highest BCUT2D eigenvalue weighted by Gasteiger charge is 2.06. The van der Waals surface area contributed by atoms with Crippen molar-refractivity contribution in [3.63, 3.8) is 0 Å². The number of para-hydroxylation sites is 2. The molecule has 24 heavy (non-hydrogen) atoms. The number of benzene rings is 2. The first-order valence-corrected chi connectivity index (χ1v) is 8.38. The Morgan fingerprint density at radius 3 is 2.50 bits per heavy atom. The number of aromatic nitrogens is 2. The third-order valence-corrected chi connectivity index (χ3v) is 3.92. The molecule has 0 unspecified atom stereocenters. The molecule has 0 saturated carbocycles. The number of fused-ring (bicyclic) bond motifs is 1. The number of aromatic amines is 1. The molecule has 0 saturated heterocycles. The van der Waals surface area contributed by atoms with Gasteiger partial charge in [0.1, 0.15) is 5.82 Å². The molecule has 0 aliphatic heterocycles. The second-order valence-electron chi connectivity index (χ2n) is 6.57. The Kier molecular flexibility index (Phi) is 4.94. The third-order valence-electron chi connectivity index (χ3n) is 3.92. The fourth-order valence-corrected chi connectivity index (χ4v) is 2.78. The summed E-state index contributed by atoms with van der Waals surface area (Å²) in [5.74, 6) is 1.42. The molecule has 4 heteroatoms. The average molecular weight is 321 g/mol. The lowest BCUT2D eigenvalue weighted by molar-refractivity contribution is -0.120. The van der Waals surface area contributed by atoms with Crippen molar-refractivity contribution < 1.29 is 4.79 Å². The maximum atomic E-state index is 12.1. The standard InChI is InChI=1S/C20H23N3O/c1-14(2)11-15-7-9-16(10-8-15)12-20(24)21-13-19-22-17-5-3-4-6-18(17)23-19/h3-10,14H,11-13H2,1-2H3,(H,21,24)(H,22,23). The van der Waals surface area contributed by atoms with Gasteiger partial charge in [-0.1, -0.05) is 50.2 Å². The van der Waals surface area contributed by atoms with Gasteiger partial charge in [0.25, 0.3) is 0 Å². The molecule has 0 spiro atoms. The van der Waals surface area contributed by atoms with Crippen molar-refractivity contribution in [2.45, 2.75) is 33.2 Å². The number of carbonyl (C=O) groups is 1. The molecule has 4 nitrogen and oxygen atoms in total. The van der Waals surface area contributed by atoms with E-state index in [9.17, 15) is 4.79 Å². The van der Waals surface area contributed by atoms with Crippen LogP contribution in [0.15, 0.2) is 48.5 Å². The molecule has 3 rings (SSSR count). The fourth-order valence-electron chi connectivity index (χ4n) is 2.78. The Hall–Kier alpha value is -2.62. The van der Waals surface area contributed by atoms with E-state index in [4.69, 9.17) is 0 Å². The number of nitrogens with one attached hydrogen (secondary N) is 2. The van der Waals surface area contributed by atoms with Gasteiger partial charge in [0, 0.05) is 0 Å². The highest BCUT2D eigenvalue weighted by molar-refractivity contribution is 5.79. The Balaban J connectivity index is 1.53. The number of amides is 1. The molecule has 0 aliphatic rings. The quantitative estimate of drug-likeness (QED) is 0.728. The molecular weight excluding hydrogens is 298 g/mol. The second kappa shape index (κ2) is 7.30. The second-order valence-corrected chi connectivity index (χ2v) is 6.57. The smallest absolute Gasteiger partial charge is 0.224 e. The summed E-state index contributed by atoms with van der Waals surface area (Å²) in [5, 5.41) is 2.92. The SMILES string of the molecule is CC(C)Cc1ccc(CC(=O)NCc2nc3ccccc3[nH]2)cc1. The number of hydrogen-bond acceptors (Lipinski definition) is 2. The van der Waals surface area contributed by atoms with E-state index in [1.54, 1.807) is 0 Å². The van der Waals surface area contributed by atoms with Crippen molar-refractivity contribution in [3.05, 3.63) is 65.5 Å². The normalized spacial score (nSPS) is 11.1. The minimum atomic E-state index is 0.00654. The lowest BCUT2D eigenvalue weighted by atomic mass is 10.0. The number of hydrogen-bond donors (Lipinski definition) is 2. The highest BCUT2D eigenvalue weighted by atomic mass is 16.1. The van der Waals surface area contributed by atoms with Gasteiger partial charge in [-0.05, 0) is 35.6 Å². The van der Waals surface area contributed by atoms with Crippen molar-refractivity contribution in [1.82, 2.24) is 15.3 Å². The largest absolute Gasteiger partial charge is 0.349 e. The van der Waals surface area contributed by atoms with Crippen LogP contribution in [0.3, 0.4) is 0 Å². The maximum Gasteiger partial charge on any atom is 0.224 e. The summed E-state index contributed by atoms with van der Waals surface area (Å²) in [5.41, 5.74) is 4.26. The van der Waals surface area contributed by atoms with Crippen molar-refractivity contribution in [2.75, 3.05) is 0 Å². The van der Waals surface area contributed by atoms with Gasteiger partial charge < -0.3 is 10.3 Å². The van der Waals surface area contributed by atoms with Crippen molar-refractivity contribution in [3.8, 4) is 0 Å². The van der Waals surface area contributed by atoms with Gasteiger partial charge in [-0.3, -0.25) is 4.79 Å². The summed E-state index contributed by atoms with van der Waals surface area (Å²) in [6, 6.07) is 16.2. The van der Waals surface area contributed by atoms with Crippen LogP contribution in [0, 0.1) is 5.92 Å². The number of imidazole rings is 1. The molecule has 1 amide bonds. The summed E-state index contributed by atoms with van der Waals surface area (Å²) in [6.45, 7) is 4.83. The molecule has 3 aromatic rings. The van der Waals surface area contributed by atoms with Crippen LogP contribution < -0.4 is 5.32 Å². The first-order valence-electron chi connectivity index (χ1n) is 8.38. The van der Waals surface area contributed by atoms with Gasteiger partial charge in [-0.2, -0.15) is 0 Å². The molecule has 2 aromatic carbocycles. The average Bonchev–Trinajstić information content (AvgIpc) is 2.97. The van der Waals surface area contributed by atoms with Gasteiger partial charge >= 0.3 is 0 Å². The number of rotatable bonds is 6. The van der Waals surface area contributed by atoms with Gasteiger partial charge in [-0.15, -0.1) is 0 Å². The molecule has 124 valence electrons. The minimum absolute atomic E-state index is 0.00654. The highest BCUT2D eigenvalue weighted by Crippen LogP contribution is 2.11. The predicted molar refractivity (Wildman–Crippen MR) is 96.6 cm³/mol. The van der Waals surface area contributed by atoms with E-state index in [0.29, 0.717) is 18.9 Å². The van der Waals surface area contributed by atoms with E-state index < -0.39 is 0 Å². The summed E-state index contributed by atoms with van der Waals surface area (Å²) >= 11 is 0. The minimum Gasteiger partial charge on any atom is -0.349 e. The molecular formula is C20H23N3O. The summed E-state index contributed by atoms with van der Waals surface area (Å²) in [4.78, 5) is 19.8. The van der Waals surface area contributed by atoms with E-state index in [2.05, 4.69) is 41.3 Å². The van der Waals surface area contributed by atoms with Gasteiger partial charge in [0.05, 0.1) is 24.0 Å². The zero-order valence-electron chi connectivity index (χ0n) is 14.2. The summed E-state index contributed by atoms with van der Waals surface area (Å²) in [6.07, 6.45) is 1.46. The predicted octanol–water partition coefficient (Wildman–Crippen LogP) is 3.62. The monoisotopic (exact) mass is 321 g/mol. The van der Waals surface area contributed by atoms with E-state index in [1.165, 1.54) is 5.56 Å². The Morgan fingerprint density at radius 2 is 1.79 bits per heavy atom.